The van der Waals surface area contributed by atoms with Gasteiger partial charge in [0, 0.05) is 15.2 Å². The first-order valence-corrected chi connectivity index (χ1v) is 9.11. The number of aromatic nitrogens is 1. The number of hydrogen-bond acceptors (Lipinski definition) is 2. The van der Waals surface area contributed by atoms with Gasteiger partial charge in [-0.3, -0.25) is 4.98 Å². The zero-order valence-corrected chi connectivity index (χ0v) is 14.9. The molecule has 2 aromatic carbocycles. The van der Waals surface area contributed by atoms with Crippen LogP contribution in [0.3, 0.4) is 0 Å². The molecule has 0 spiro atoms. The number of rotatable bonds is 3. The number of aryl methyl sites for hydroxylation is 1. The van der Waals surface area contributed by atoms with Crippen molar-refractivity contribution in [2.75, 3.05) is 0 Å². The van der Waals surface area contributed by atoms with Crippen LogP contribution < -0.4 is 0 Å². The molecule has 1 heterocycles. The quantitative estimate of drug-likeness (QED) is 0.497. The lowest BCUT2D eigenvalue weighted by molar-refractivity contribution is 0.563. The summed E-state index contributed by atoms with van der Waals surface area (Å²) >= 11 is 0.533. The molecule has 1 aromatic heterocycles. The third-order valence-electron chi connectivity index (χ3n) is 3.58. The average Bonchev–Trinajstić information content (AvgIpc) is 2.51. The van der Waals surface area contributed by atoms with Crippen LogP contribution in [0.4, 0.5) is 0 Å². The van der Waals surface area contributed by atoms with Crippen LogP contribution in [-0.2, 0) is 16.8 Å². The van der Waals surface area contributed by atoms with Crippen LogP contribution in [-0.4, -0.2) is 13.7 Å². The number of halogens is 1. The molecule has 1 atom stereocenters. The molecule has 0 aliphatic carbocycles. The lowest BCUT2D eigenvalue weighted by Crippen LogP contribution is -1.92. The fourth-order valence-electron chi connectivity index (χ4n) is 2.39. The van der Waals surface area contributed by atoms with E-state index < -0.39 is 11.1 Å². The monoisotopic (exact) mass is 423 g/mol. The van der Waals surface area contributed by atoms with E-state index in [1.54, 1.807) is 0 Å². The number of hydrogen-bond donors (Lipinski definition) is 1. The van der Waals surface area contributed by atoms with Crippen LogP contribution in [0, 0.1) is 10.5 Å². The van der Waals surface area contributed by atoms with Gasteiger partial charge in [-0.15, -0.1) is 0 Å². The van der Waals surface area contributed by atoms with Gasteiger partial charge in [0.15, 0.2) is 11.1 Å². The second kappa shape index (κ2) is 6.44. The average molecular weight is 423 g/mol. The van der Waals surface area contributed by atoms with E-state index in [0.29, 0.717) is 0 Å². The van der Waals surface area contributed by atoms with Crippen LogP contribution >= 0.6 is 22.6 Å². The maximum Gasteiger partial charge on any atom is 0.157 e. The zero-order chi connectivity index (χ0) is 15.7. The minimum atomic E-state index is -1.80. The third kappa shape index (κ3) is 3.21. The molecule has 3 rings (SSSR count). The molecule has 0 amide bonds. The Morgan fingerprint density at radius 1 is 1.14 bits per heavy atom. The highest BCUT2D eigenvalue weighted by atomic mass is 127. The summed E-state index contributed by atoms with van der Waals surface area (Å²) in [7, 11) is 0. The minimum Gasteiger partial charge on any atom is -0.306 e. The second-order valence-corrected chi connectivity index (χ2v) is 7.13. The molecule has 0 saturated heterocycles. The van der Waals surface area contributed by atoms with E-state index in [0.717, 1.165) is 27.8 Å². The molecule has 3 aromatic rings. The molecule has 0 radical (unpaired) electrons. The number of fused-ring (bicyclic) bond motifs is 1. The van der Waals surface area contributed by atoms with Gasteiger partial charge < -0.3 is 4.55 Å². The zero-order valence-electron chi connectivity index (χ0n) is 11.9. The predicted octanol–water partition coefficient (Wildman–Crippen LogP) is 4.54. The number of nitrogens with zero attached hydrogens (tertiary/aromatic N) is 1. The molecular weight excluding hydrogens is 409 g/mol. The van der Waals surface area contributed by atoms with Crippen molar-refractivity contribution in [1.82, 2.24) is 4.98 Å². The molecule has 5 heteroatoms. The van der Waals surface area contributed by atoms with E-state index in [4.69, 9.17) is 4.55 Å². The van der Waals surface area contributed by atoms with Gasteiger partial charge in [0.1, 0.15) is 0 Å². The Labute approximate surface area is 145 Å². The van der Waals surface area contributed by atoms with Gasteiger partial charge in [0.05, 0.1) is 11.4 Å². The van der Waals surface area contributed by atoms with Crippen LogP contribution in [0.15, 0.2) is 48.7 Å². The molecule has 0 fully saturated rings. The summed E-state index contributed by atoms with van der Waals surface area (Å²) in [6.07, 6.45) is 1.90. The molecular formula is C17H14INO2S. The Hall–Kier alpha value is -1.31. The maximum atomic E-state index is 10.8. The van der Waals surface area contributed by atoms with Crippen LogP contribution in [0.5, 0.6) is 0 Å². The Bertz CT molecular complexity index is 862. The first-order valence-electron chi connectivity index (χ1n) is 6.76. The standard InChI is InChI=1S/C17H14INO2S/c1-11-17(18)16-8-14(6-7-15(16)9-19-11)13-4-2-12(3-5-13)10-22(20)21/h2-9H,10H2,1H3,(H,20,21). The van der Waals surface area contributed by atoms with E-state index >= 15 is 0 Å². The fourth-order valence-corrected chi connectivity index (χ4v) is 3.48. The normalized spacial score (nSPS) is 12.5. The van der Waals surface area contributed by atoms with Gasteiger partial charge in [-0.05, 0) is 57.7 Å². The molecule has 1 unspecified atom stereocenters. The van der Waals surface area contributed by atoms with Gasteiger partial charge >= 0.3 is 0 Å². The minimum absolute atomic E-state index is 0.167. The molecule has 1 N–H and O–H groups in total. The van der Waals surface area contributed by atoms with Crippen molar-refractivity contribution in [2.45, 2.75) is 12.7 Å². The van der Waals surface area contributed by atoms with Crippen molar-refractivity contribution in [3.63, 3.8) is 0 Å². The Morgan fingerprint density at radius 3 is 2.50 bits per heavy atom. The SMILES string of the molecule is Cc1ncc2ccc(-c3ccc(CS(=O)O)cc3)cc2c1I. The fraction of sp³-hybridized carbons (Fsp3) is 0.118. The first-order chi connectivity index (χ1) is 10.5. The molecule has 0 aliphatic heterocycles. The molecule has 0 saturated carbocycles. The van der Waals surface area contributed by atoms with Crippen LogP contribution in [0.2, 0.25) is 0 Å². The summed E-state index contributed by atoms with van der Waals surface area (Å²) in [4.78, 5) is 4.39. The van der Waals surface area contributed by atoms with E-state index in [9.17, 15) is 4.21 Å². The van der Waals surface area contributed by atoms with Crippen molar-refractivity contribution in [3.8, 4) is 11.1 Å². The van der Waals surface area contributed by atoms with Gasteiger partial charge in [0.25, 0.3) is 0 Å². The van der Waals surface area contributed by atoms with Crippen molar-refractivity contribution in [1.29, 1.82) is 0 Å². The predicted molar refractivity (Wildman–Crippen MR) is 99.1 cm³/mol. The van der Waals surface area contributed by atoms with Crippen molar-refractivity contribution < 1.29 is 8.76 Å². The van der Waals surface area contributed by atoms with E-state index in [1.165, 1.54) is 8.96 Å². The molecule has 0 bridgehead atoms. The molecule has 112 valence electrons. The summed E-state index contributed by atoms with van der Waals surface area (Å²) in [5.41, 5.74) is 4.12. The second-order valence-electron chi connectivity index (χ2n) is 5.12. The number of pyridine rings is 1. The molecule has 3 nitrogen and oxygen atoms in total. The topological polar surface area (TPSA) is 50.2 Å². The Morgan fingerprint density at radius 2 is 1.82 bits per heavy atom. The maximum absolute atomic E-state index is 10.8. The highest BCUT2D eigenvalue weighted by Crippen LogP contribution is 2.28. The lowest BCUT2D eigenvalue weighted by atomic mass is 10.0. The molecule has 22 heavy (non-hydrogen) atoms. The van der Waals surface area contributed by atoms with Crippen molar-refractivity contribution >= 4 is 44.4 Å². The van der Waals surface area contributed by atoms with Gasteiger partial charge in [0.2, 0.25) is 0 Å². The van der Waals surface area contributed by atoms with E-state index in [2.05, 4.69) is 45.8 Å². The van der Waals surface area contributed by atoms with Crippen LogP contribution in [0.1, 0.15) is 11.3 Å². The Kier molecular flexibility index (Phi) is 4.56. The summed E-state index contributed by atoms with van der Waals surface area (Å²) in [5.74, 6) is 0.167. The summed E-state index contributed by atoms with van der Waals surface area (Å²) in [5, 5.41) is 2.33. The van der Waals surface area contributed by atoms with Gasteiger partial charge in [-0.2, -0.15) is 0 Å². The smallest absolute Gasteiger partial charge is 0.157 e. The first kappa shape index (κ1) is 15.6. The highest BCUT2D eigenvalue weighted by molar-refractivity contribution is 14.1. The van der Waals surface area contributed by atoms with E-state index in [-0.39, 0.29) is 5.75 Å². The lowest BCUT2D eigenvalue weighted by Gasteiger charge is -2.08. The van der Waals surface area contributed by atoms with E-state index in [1.807, 2.05) is 37.4 Å². The summed E-state index contributed by atoms with van der Waals surface area (Å²) in [6, 6.07) is 14.1. The Balaban J connectivity index is 2.02. The largest absolute Gasteiger partial charge is 0.306 e. The molecule has 0 aliphatic rings. The van der Waals surface area contributed by atoms with Crippen molar-refractivity contribution in [3.05, 3.63) is 63.5 Å². The van der Waals surface area contributed by atoms with Crippen LogP contribution in [0.25, 0.3) is 21.9 Å². The third-order valence-corrected chi connectivity index (χ3v) is 5.52. The summed E-state index contributed by atoms with van der Waals surface area (Å²) in [6.45, 7) is 2.01. The van der Waals surface area contributed by atoms with Gasteiger partial charge in [-0.1, -0.05) is 36.4 Å². The van der Waals surface area contributed by atoms with Crippen molar-refractivity contribution in [2.24, 2.45) is 0 Å². The van der Waals surface area contributed by atoms with Gasteiger partial charge in [-0.25, -0.2) is 4.21 Å². The number of benzene rings is 2. The summed E-state index contributed by atoms with van der Waals surface area (Å²) < 4.78 is 20.9. The highest BCUT2D eigenvalue weighted by Gasteiger charge is 2.06.